The molecule has 0 aromatic carbocycles. The Morgan fingerprint density at radius 1 is 0.972 bits per heavy atom. The van der Waals surface area contributed by atoms with E-state index in [2.05, 4.69) is 13.8 Å². The Balaban J connectivity index is 1.36. The molecule has 0 unspecified atom stereocenters. The van der Waals surface area contributed by atoms with Gasteiger partial charge in [-0.2, -0.15) is 0 Å². The summed E-state index contributed by atoms with van der Waals surface area (Å²) in [6.45, 7) is 7.30. The summed E-state index contributed by atoms with van der Waals surface area (Å²) in [6, 6.07) is 3.22. The van der Waals surface area contributed by atoms with Gasteiger partial charge >= 0.3 is 17.6 Å². The summed E-state index contributed by atoms with van der Waals surface area (Å²) < 4.78 is 23.3. The predicted octanol–water partition coefficient (Wildman–Crippen LogP) is 3.49. The number of hydrogen-bond acceptors (Lipinski definition) is 8. The molecule has 1 saturated heterocycles. The lowest BCUT2D eigenvalue weighted by atomic mass is 9.42. The number of epoxide rings is 1. The van der Waals surface area contributed by atoms with Crippen molar-refractivity contribution >= 4 is 11.9 Å². The number of esters is 2. The molecular formula is C28H36O8. The van der Waals surface area contributed by atoms with Crippen LogP contribution in [0.4, 0.5) is 0 Å². The summed E-state index contributed by atoms with van der Waals surface area (Å²) in [7, 11) is 0. The fourth-order valence-corrected chi connectivity index (χ4v) is 9.41. The summed E-state index contributed by atoms with van der Waals surface area (Å²) >= 11 is 0. The Morgan fingerprint density at radius 2 is 1.67 bits per heavy atom. The first-order valence-corrected chi connectivity index (χ1v) is 13.3. The van der Waals surface area contributed by atoms with Gasteiger partial charge in [-0.15, -0.1) is 0 Å². The molecule has 5 aliphatic rings. The summed E-state index contributed by atoms with van der Waals surface area (Å²) in [5.41, 5.74) is -1.51. The molecule has 36 heavy (non-hydrogen) atoms. The molecular weight excluding hydrogens is 464 g/mol. The van der Waals surface area contributed by atoms with Gasteiger partial charge in [0, 0.05) is 37.7 Å². The summed E-state index contributed by atoms with van der Waals surface area (Å²) in [5.74, 6) is -0.319. The Hall–Kier alpha value is -2.19. The molecule has 8 nitrogen and oxygen atoms in total. The van der Waals surface area contributed by atoms with Crippen molar-refractivity contribution in [1.29, 1.82) is 0 Å². The second-order valence-corrected chi connectivity index (χ2v) is 12.4. The van der Waals surface area contributed by atoms with Gasteiger partial charge in [0.25, 0.3) is 0 Å². The first-order valence-electron chi connectivity index (χ1n) is 13.3. The molecule has 1 N–H and O–H groups in total. The Kier molecular flexibility index (Phi) is 5.15. The number of ether oxygens (including phenoxy) is 3. The van der Waals surface area contributed by atoms with Crippen LogP contribution >= 0.6 is 0 Å². The molecule has 1 spiro atoms. The quantitative estimate of drug-likeness (QED) is 0.495. The van der Waals surface area contributed by atoms with Gasteiger partial charge < -0.3 is 23.7 Å². The minimum absolute atomic E-state index is 0.140. The van der Waals surface area contributed by atoms with Crippen LogP contribution < -0.4 is 5.63 Å². The first-order chi connectivity index (χ1) is 16.9. The molecule has 4 aliphatic carbocycles. The first kappa shape index (κ1) is 24.2. The monoisotopic (exact) mass is 500 g/mol. The second kappa shape index (κ2) is 7.67. The van der Waals surface area contributed by atoms with E-state index < -0.39 is 22.9 Å². The third kappa shape index (κ3) is 3.03. The predicted molar refractivity (Wildman–Crippen MR) is 127 cm³/mol. The second-order valence-electron chi connectivity index (χ2n) is 12.4. The number of rotatable bonds is 3. The lowest BCUT2D eigenvalue weighted by Gasteiger charge is -2.64. The third-order valence-corrected chi connectivity index (χ3v) is 10.9. The van der Waals surface area contributed by atoms with E-state index in [1.165, 1.54) is 26.2 Å². The molecule has 6 rings (SSSR count). The molecule has 5 fully saturated rings. The minimum atomic E-state index is -0.891. The highest BCUT2D eigenvalue weighted by Gasteiger charge is 2.85. The highest BCUT2D eigenvalue weighted by molar-refractivity contribution is 5.67. The molecule has 0 amide bonds. The van der Waals surface area contributed by atoms with Gasteiger partial charge in [-0.25, -0.2) is 4.79 Å². The van der Waals surface area contributed by atoms with E-state index in [1.54, 1.807) is 6.07 Å². The van der Waals surface area contributed by atoms with Gasteiger partial charge in [0.1, 0.15) is 23.9 Å². The van der Waals surface area contributed by atoms with E-state index in [0.29, 0.717) is 12.8 Å². The molecule has 0 radical (unpaired) electrons. The van der Waals surface area contributed by atoms with Gasteiger partial charge in [-0.3, -0.25) is 9.59 Å². The Labute approximate surface area is 210 Å². The zero-order valence-electron chi connectivity index (χ0n) is 21.5. The maximum absolute atomic E-state index is 12.2. The fourth-order valence-electron chi connectivity index (χ4n) is 9.41. The van der Waals surface area contributed by atoms with E-state index >= 15 is 0 Å². The lowest BCUT2D eigenvalue weighted by Crippen LogP contribution is -2.65. The van der Waals surface area contributed by atoms with Crippen molar-refractivity contribution in [3.8, 4) is 0 Å². The van der Waals surface area contributed by atoms with Crippen molar-refractivity contribution in [2.75, 3.05) is 0 Å². The van der Waals surface area contributed by atoms with Crippen molar-refractivity contribution in [3.63, 3.8) is 0 Å². The molecule has 4 saturated carbocycles. The van der Waals surface area contributed by atoms with Crippen molar-refractivity contribution in [2.24, 2.45) is 22.7 Å². The van der Waals surface area contributed by atoms with E-state index in [1.807, 2.05) is 0 Å². The number of carbonyl (C=O) groups excluding carboxylic acids is 2. The average Bonchev–Trinajstić information content (AvgIpc) is 3.50. The number of aliphatic hydroxyl groups is 1. The van der Waals surface area contributed by atoms with Gasteiger partial charge in [0.05, 0.1) is 11.9 Å². The topological polar surface area (TPSA) is 116 Å². The Morgan fingerprint density at radius 3 is 2.33 bits per heavy atom. The molecule has 1 aliphatic heterocycles. The number of fused-ring (bicyclic) bond motifs is 3. The van der Waals surface area contributed by atoms with Crippen molar-refractivity contribution in [3.05, 3.63) is 34.4 Å². The summed E-state index contributed by atoms with van der Waals surface area (Å²) in [6.07, 6.45) is 5.82. The zero-order chi connectivity index (χ0) is 25.7. The minimum Gasteiger partial charge on any atom is -0.462 e. The number of carbonyl (C=O) groups is 2. The third-order valence-electron chi connectivity index (χ3n) is 10.9. The van der Waals surface area contributed by atoms with E-state index in [-0.39, 0.29) is 52.7 Å². The summed E-state index contributed by atoms with van der Waals surface area (Å²) in [5, 5.41) is 12.0. The molecule has 2 heterocycles. The van der Waals surface area contributed by atoms with Crippen LogP contribution in [0.1, 0.15) is 84.1 Å². The maximum Gasteiger partial charge on any atom is 0.335 e. The van der Waals surface area contributed by atoms with Crippen LogP contribution in [0.25, 0.3) is 0 Å². The van der Waals surface area contributed by atoms with E-state index in [0.717, 1.165) is 37.7 Å². The van der Waals surface area contributed by atoms with Crippen LogP contribution in [0.5, 0.6) is 0 Å². The highest BCUT2D eigenvalue weighted by Crippen LogP contribution is 2.78. The molecule has 196 valence electrons. The van der Waals surface area contributed by atoms with Crippen LogP contribution in [-0.2, 0) is 23.8 Å². The molecule has 0 bridgehead atoms. The standard InChI is InChI=1S/C28H36O8/c1-15(29)34-18-7-10-25(3)19-8-11-26(4)22(17-5-6-21(31)33-14-17)23(35-16(2)30)24-28(26,36-24)20(19)9-12-27(25,32)13-18/h5-6,14,18-20,22-24,32H,7-13H2,1-4H3/t18-,19-,20+,22-,23+,24+,25+,26+,27-,28+/m0/s1. The van der Waals surface area contributed by atoms with Crippen LogP contribution in [0.2, 0.25) is 0 Å². The van der Waals surface area contributed by atoms with Gasteiger partial charge in [0.15, 0.2) is 0 Å². The van der Waals surface area contributed by atoms with Gasteiger partial charge in [-0.1, -0.05) is 13.8 Å². The average molecular weight is 501 g/mol. The largest absolute Gasteiger partial charge is 0.462 e. The number of hydrogen-bond donors (Lipinski definition) is 1. The Bertz CT molecular complexity index is 1140. The normalized spacial score (nSPS) is 48.6. The SMILES string of the molecule is CC(=O)O[C@H]1CC[C@]2(C)[C@H]3CC[C@]4(C)[C@@H](c5ccc(=O)oc5)[C@@H](OC(C)=O)[C@H]5O[C@]54[C@@H]3CC[C@]2(O)C1. The lowest BCUT2D eigenvalue weighted by molar-refractivity contribution is -0.228. The van der Waals surface area contributed by atoms with E-state index in [4.69, 9.17) is 18.6 Å². The molecule has 1 aromatic rings. The van der Waals surface area contributed by atoms with Crippen LogP contribution in [0.15, 0.2) is 27.6 Å². The van der Waals surface area contributed by atoms with Crippen LogP contribution in [0, 0.1) is 22.7 Å². The van der Waals surface area contributed by atoms with Gasteiger partial charge in [-0.05, 0) is 67.4 Å². The smallest absolute Gasteiger partial charge is 0.335 e. The van der Waals surface area contributed by atoms with Crippen LogP contribution in [-0.4, -0.2) is 46.6 Å². The molecule has 1 aromatic heterocycles. The van der Waals surface area contributed by atoms with Crippen molar-refractivity contribution in [1.82, 2.24) is 0 Å². The molecule has 10 atom stereocenters. The van der Waals surface area contributed by atoms with Crippen molar-refractivity contribution < 1.29 is 33.3 Å². The zero-order valence-corrected chi connectivity index (χ0v) is 21.5. The van der Waals surface area contributed by atoms with Crippen LogP contribution in [0.3, 0.4) is 0 Å². The molecule has 8 heteroatoms. The van der Waals surface area contributed by atoms with E-state index in [9.17, 15) is 19.5 Å². The maximum atomic E-state index is 12.2. The summed E-state index contributed by atoms with van der Waals surface area (Å²) in [4.78, 5) is 35.4. The highest BCUT2D eigenvalue weighted by atomic mass is 16.7. The van der Waals surface area contributed by atoms with Gasteiger partial charge in [0.2, 0.25) is 0 Å². The van der Waals surface area contributed by atoms with Crippen molar-refractivity contribution in [2.45, 2.75) is 108 Å². The fraction of sp³-hybridized carbons (Fsp3) is 0.750.